The quantitative estimate of drug-likeness (QED) is 0.907. The van der Waals surface area contributed by atoms with E-state index in [9.17, 15) is 0 Å². The minimum absolute atomic E-state index is 0.379. The summed E-state index contributed by atoms with van der Waals surface area (Å²) >= 11 is 0. The summed E-state index contributed by atoms with van der Waals surface area (Å²) in [5.41, 5.74) is 1.11. The molecule has 2 fully saturated rings. The van der Waals surface area contributed by atoms with Crippen LogP contribution < -0.4 is 10.6 Å². The maximum atomic E-state index is 3.73. The normalized spacial score (nSPS) is 23.9. The van der Waals surface area contributed by atoms with Crippen LogP contribution in [-0.2, 0) is 0 Å². The lowest BCUT2D eigenvalue weighted by Crippen LogP contribution is -2.58. The number of rotatable bonds is 3. The zero-order valence-electron chi connectivity index (χ0n) is 13.7. The first-order chi connectivity index (χ1) is 11.4. The standard InChI is InChI=1S/C20H26N3/c1-2-8-19(9-3-1)23-13-12-21-15-20(23)22-18-11-10-16-6-4-5-7-17(16)14-18/h4-7,10-11,19-22H,1-3,8-9,12-13,15H2. The average molecular weight is 308 g/mol. The number of fused-ring (bicyclic) bond motifs is 1. The van der Waals surface area contributed by atoms with Gasteiger partial charge in [0.25, 0.3) is 0 Å². The third kappa shape index (κ3) is 3.36. The largest absolute Gasteiger partial charge is 0.368 e. The van der Waals surface area contributed by atoms with Crippen molar-refractivity contribution >= 4 is 16.5 Å². The summed E-state index contributed by atoms with van der Waals surface area (Å²) in [6.07, 6.45) is 7.30. The van der Waals surface area contributed by atoms with Crippen LogP contribution in [0.1, 0.15) is 32.1 Å². The van der Waals surface area contributed by atoms with Gasteiger partial charge < -0.3 is 10.6 Å². The lowest BCUT2D eigenvalue weighted by Gasteiger charge is -2.43. The predicted molar refractivity (Wildman–Crippen MR) is 96.6 cm³/mol. The van der Waals surface area contributed by atoms with Crippen LogP contribution in [0.15, 0.2) is 36.4 Å². The maximum Gasteiger partial charge on any atom is 0.0924 e. The van der Waals surface area contributed by atoms with Gasteiger partial charge in [-0.15, -0.1) is 0 Å². The monoisotopic (exact) mass is 308 g/mol. The molecule has 2 aliphatic rings. The van der Waals surface area contributed by atoms with Crippen LogP contribution in [0.4, 0.5) is 5.69 Å². The second kappa shape index (κ2) is 6.90. The molecular weight excluding hydrogens is 282 g/mol. The van der Waals surface area contributed by atoms with Gasteiger partial charge in [0, 0.05) is 37.4 Å². The Balaban J connectivity index is 1.52. The molecule has 1 saturated heterocycles. The number of nitrogens with one attached hydrogen (secondary N) is 2. The zero-order valence-corrected chi connectivity index (χ0v) is 13.7. The highest BCUT2D eigenvalue weighted by atomic mass is 15.3. The number of hydrogen-bond acceptors (Lipinski definition) is 3. The molecule has 0 spiro atoms. The zero-order chi connectivity index (χ0) is 15.5. The van der Waals surface area contributed by atoms with E-state index in [0.717, 1.165) is 31.4 Å². The topological polar surface area (TPSA) is 27.3 Å². The molecule has 1 saturated carbocycles. The van der Waals surface area contributed by atoms with Crippen molar-refractivity contribution in [3.05, 3.63) is 42.5 Å². The van der Waals surface area contributed by atoms with Crippen molar-refractivity contribution in [1.29, 1.82) is 0 Å². The van der Waals surface area contributed by atoms with Crippen molar-refractivity contribution in [2.45, 2.75) is 44.3 Å². The molecule has 2 aromatic rings. The minimum atomic E-state index is 0.379. The van der Waals surface area contributed by atoms with Gasteiger partial charge in [0.15, 0.2) is 0 Å². The van der Waals surface area contributed by atoms with Crippen molar-refractivity contribution in [1.82, 2.24) is 10.2 Å². The van der Waals surface area contributed by atoms with Crippen molar-refractivity contribution in [3.8, 4) is 0 Å². The Morgan fingerprint density at radius 2 is 1.91 bits per heavy atom. The average Bonchev–Trinajstić information content (AvgIpc) is 2.63. The van der Waals surface area contributed by atoms with Crippen molar-refractivity contribution in [2.24, 2.45) is 0 Å². The fourth-order valence-electron chi connectivity index (χ4n) is 4.08. The van der Waals surface area contributed by atoms with Crippen molar-refractivity contribution in [3.63, 3.8) is 0 Å². The van der Waals surface area contributed by atoms with Crippen LogP contribution in [-0.4, -0.2) is 36.7 Å². The van der Waals surface area contributed by atoms with Gasteiger partial charge in [0.05, 0.1) is 6.17 Å². The Morgan fingerprint density at radius 1 is 1.04 bits per heavy atom. The van der Waals surface area contributed by atoms with E-state index in [1.54, 1.807) is 0 Å². The molecular formula is C20H26N3. The molecule has 1 radical (unpaired) electrons. The molecule has 1 unspecified atom stereocenters. The van der Waals surface area contributed by atoms with E-state index in [4.69, 9.17) is 0 Å². The summed E-state index contributed by atoms with van der Waals surface area (Å²) in [6.45, 7) is 3.27. The summed E-state index contributed by atoms with van der Waals surface area (Å²) in [6, 6.07) is 17.1. The molecule has 1 atom stereocenters. The van der Waals surface area contributed by atoms with Gasteiger partial charge >= 0.3 is 0 Å². The molecule has 1 aliphatic heterocycles. The second-order valence-corrected chi connectivity index (χ2v) is 6.85. The molecule has 2 N–H and O–H groups in total. The smallest absolute Gasteiger partial charge is 0.0924 e. The first-order valence-corrected chi connectivity index (χ1v) is 9.04. The molecule has 0 aromatic heterocycles. The lowest BCUT2D eigenvalue weighted by molar-refractivity contribution is 0.0957. The van der Waals surface area contributed by atoms with Gasteiger partial charge in [-0.3, -0.25) is 4.90 Å². The third-order valence-electron chi connectivity index (χ3n) is 5.31. The molecule has 0 amide bonds. The van der Waals surface area contributed by atoms with Crippen LogP contribution in [0.3, 0.4) is 0 Å². The van der Waals surface area contributed by atoms with E-state index in [1.807, 2.05) is 0 Å². The Morgan fingerprint density at radius 3 is 2.83 bits per heavy atom. The lowest BCUT2D eigenvalue weighted by atomic mass is 9.93. The van der Waals surface area contributed by atoms with Crippen molar-refractivity contribution < 1.29 is 0 Å². The predicted octanol–water partition coefficient (Wildman–Crippen LogP) is 3.62. The molecule has 0 bridgehead atoms. The Kier molecular flexibility index (Phi) is 4.49. The van der Waals surface area contributed by atoms with Gasteiger partial charge in [0.1, 0.15) is 0 Å². The highest BCUT2D eigenvalue weighted by Gasteiger charge is 2.29. The van der Waals surface area contributed by atoms with E-state index in [1.165, 1.54) is 42.9 Å². The molecule has 4 rings (SSSR count). The van der Waals surface area contributed by atoms with E-state index in [-0.39, 0.29) is 0 Å². The van der Waals surface area contributed by atoms with Crippen LogP contribution in [0.2, 0.25) is 0 Å². The van der Waals surface area contributed by atoms with E-state index in [2.05, 4.69) is 58.0 Å². The SMILES string of the molecule is [c]1c(NC2CNCCN2C2CCCCC2)ccc2ccccc12. The summed E-state index contributed by atoms with van der Waals surface area (Å²) in [5.74, 6) is 0. The van der Waals surface area contributed by atoms with Gasteiger partial charge in [0.2, 0.25) is 0 Å². The maximum absolute atomic E-state index is 3.73. The summed E-state index contributed by atoms with van der Waals surface area (Å²) in [5, 5.41) is 9.71. The number of nitrogens with zero attached hydrogens (tertiary/aromatic N) is 1. The molecule has 1 heterocycles. The summed E-state index contributed by atoms with van der Waals surface area (Å²) in [7, 11) is 0. The van der Waals surface area contributed by atoms with Gasteiger partial charge in [-0.05, 0) is 29.7 Å². The summed E-state index contributed by atoms with van der Waals surface area (Å²) < 4.78 is 0. The third-order valence-corrected chi connectivity index (χ3v) is 5.31. The minimum Gasteiger partial charge on any atom is -0.368 e. The second-order valence-electron chi connectivity index (χ2n) is 6.85. The van der Waals surface area contributed by atoms with Crippen LogP contribution in [0.5, 0.6) is 0 Å². The van der Waals surface area contributed by atoms with Crippen LogP contribution >= 0.6 is 0 Å². The highest BCUT2D eigenvalue weighted by molar-refractivity contribution is 5.84. The number of benzene rings is 2. The Labute approximate surface area is 139 Å². The Hall–Kier alpha value is -1.58. The van der Waals surface area contributed by atoms with Crippen LogP contribution in [0.25, 0.3) is 10.8 Å². The fraction of sp³-hybridized carbons (Fsp3) is 0.500. The fourth-order valence-corrected chi connectivity index (χ4v) is 4.08. The highest BCUT2D eigenvalue weighted by Crippen LogP contribution is 2.26. The number of hydrogen-bond donors (Lipinski definition) is 2. The van der Waals surface area contributed by atoms with E-state index < -0.39 is 0 Å². The van der Waals surface area contributed by atoms with E-state index >= 15 is 0 Å². The molecule has 121 valence electrons. The molecule has 2 aromatic carbocycles. The first kappa shape index (κ1) is 15.0. The number of piperazine rings is 1. The van der Waals surface area contributed by atoms with Gasteiger partial charge in [-0.2, -0.15) is 0 Å². The molecule has 3 heteroatoms. The molecule has 3 nitrogen and oxygen atoms in total. The van der Waals surface area contributed by atoms with Gasteiger partial charge in [-0.1, -0.05) is 49.6 Å². The molecule has 23 heavy (non-hydrogen) atoms. The molecule has 1 aliphatic carbocycles. The van der Waals surface area contributed by atoms with Gasteiger partial charge in [-0.25, -0.2) is 0 Å². The van der Waals surface area contributed by atoms with E-state index in [0.29, 0.717) is 6.17 Å². The number of anilines is 1. The van der Waals surface area contributed by atoms with Crippen LogP contribution in [0, 0.1) is 6.07 Å². The van der Waals surface area contributed by atoms with Crippen molar-refractivity contribution in [2.75, 3.05) is 25.0 Å². The first-order valence-electron chi connectivity index (χ1n) is 9.04. The Bertz CT molecular complexity index is 648. The summed E-state index contributed by atoms with van der Waals surface area (Å²) in [4.78, 5) is 2.69.